The van der Waals surface area contributed by atoms with E-state index in [0.29, 0.717) is 0 Å². The highest BCUT2D eigenvalue weighted by Gasteiger charge is 2.16. The maximum Gasteiger partial charge on any atom is 0.339 e. The van der Waals surface area contributed by atoms with Crippen LogP contribution in [-0.4, -0.2) is 27.0 Å². The lowest BCUT2D eigenvalue weighted by Gasteiger charge is -2.09. The first-order valence-electron chi connectivity index (χ1n) is 6.01. The standard InChI is InChI=1S/C14H10N2O6/c17-12-10(14(19)20)2-1-3-11(12)15-13(18)8-4-6-9(7-5-8)16(21)22/h1-7,17H,(H,15,18)(H,19,20). The lowest BCUT2D eigenvalue weighted by atomic mass is 10.1. The molecule has 0 atom stereocenters. The molecule has 0 saturated carbocycles. The highest BCUT2D eigenvalue weighted by molar-refractivity contribution is 6.06. The molecule has 3 N–H and O–H groups in total. The first-order chi connectivity index (χ1) is 10.4. The van der Waals surface area contributed by atoms with Crippen molar-refractivity contribution in [2.24, 2.45) is 0 Å². The number of benzene rings is 2. The number of nitro benzene ring substituents is 1. The lowest BCUT2D eigenvalue weighted by Crippen LogP contribution is -2.12. The third kappa shape index (κ3) is 3.01. The molecule has 1 amide bonds. The zero-order chi connectivity index (χ0) is 16.3. The molecule has 0 aliphatic rings. The van der Waals surface area contributed by atoms with E-state index in [1.165, 1.54) is 42.5 Å². The van der Waals surface area contributed by atoms with Gasteiger partial charge in [0.1, 0.15) is 5.56 Å². The highest BCUT2D eigenvalue weighted by atomic mass is 16.6. The molecule has 8 nitrogen and oxygen atoms in total. The summed E-state index contributed by atoms with van der Waals surface area (Å²) in [4.78, 5) is 32.8. The van der Waals surface area contributed by atoms with Gasteiger partial charge in [0, 0.05) is 17.7 Å². The number of nitrogens with one attached hydrogen (secondary N) is 1. The van der Waals surface area contributed by atoms with Gasteiger partial charge in [0.05, 0.1) is 10.6 Å². The van der Waals surface area contributed by atoms with Crippen molar-refractivity contribution >= 4 is 23.3 Å². The maximum absolute atomic E-state index is 12.0. The Balaban J connectivity index is 2.24. The summed E-state index contributed by atoms with van der Waals surface area (Å²) in [5.41, 5.74) is -0.442. The number of anilines is 1. The molecule has 0 aliphatic carbocycles. The number of aromatic carboxylic acids is 1. The second-order valence-corrected chi connectivity index (χ2v) is 4.27. The summed E-state index contributed by atoms with van der Waals surface area (Å²) in [5, 5.41) is 31.6. The van der Waals surface area contributed by atoms with Gasteiger partial charge >= 0.3 is 5.97 Å². The Morgan fingerprint density at radius 3 is 2.27 bits per heavy atom. The van der Waals surface area contributed by atoms with Crippen LogP contribution in [0.15, 0.2) is 42.5 Å². The van der Waals surface area contributed by atoms with Gasteiger partial charge in [0.2, 0.25) is 0 Å². The van der Waals surface area contributed by atoms with Crippen molar-refractivity contribution in [1.82, 2.24) is 0 Å². The Bertz CT molecular complexity index is 754. The van der Waals surface area contributed by atoms with Gasteiger partial charge in [-0.2, -0.15) is 0 Å². The molecule has 0 aliphatic heterocycles. The quantitative estimate of drug-likeness (QED) is 0.451. The van der Waals surface area contributed by atoms with Gasteiger partial charge in [-0.3, -0.25) is 14.9 Å². The van der Waals surface area contributed by atoms with Crippen LogP contribution in [0.4, 0.5) is 11.4 Å². The number of non-ortho nitro benzene ring substituents is 1. The monoisotopic (exact) mass is 302 g/mol. The van der Waals surface area contributed by atoms with Gasteiger partial charge in [-0.1, -0.05) is 6.07 Å². The number of carboxylic acid groups (broad SMARTS) is 1. The van der Waals surface area contributed by atoms with E-state index in [-0.39, 0.29) is 22.5 Å². The van der Waals surface area contributed by atoms with Crippen molar-refractivity contribution in [3.8, 4) is 5.75 Å². The number of carboxylic acids is 1. The van der Waals surface area contributed by atoms with Gasteiger partial charge in [0.25, 0.3) is 11.6 Å². The van der Waals surface area contributed by atoms with Gasteiger partial charge < -0.3 is 15.5 Å². The van der Waals surface area contributed by atoms with E-state index >= 15 is 0 Å². The fourth-order valence-electron chi connectivity index (χ4n) is 1.75. The molecular weight excluding hydrogens is 292 g/mol. The molecule has 2 rings (SSSR count). The van der Waals surface area contributed by atoms with Crippen molar-refractivity contribution in [3.05, 3.63) is 63.7 Å². The topological polar surface area (TPSA) is 130 Å². The number of nitrogens with zero attached hydrogens (tertiary/aromatic N) is 1. The summed E-state index contributed by atoms with van der Waals surface area (Å²) in [7, 11) is 0. The van der Waals surface area contributed by atoms with E-state index < -0.39 is 22.5 Å². The number of carbonyl (C=O) groups excluding carboxylic acids is 1. The van der Waals surface area contributed by atoms with Crippen LogP contribution in [-0.2, 0) is 0 Å². The number of aromatic hydroxyl groups is 1. The van der Waals surface area contributed by atoms with Crippen LogP contribution in [0.2, 0.25) is 0 Å². The summed E-state index contributed by atoms with van der Waals surface area (Å²) >= 11 is 0. The van der Waals surface area contributed by atoms with Crippen LogP contribution in [0.25, 0.3) is 0 Å². The molecule has 22 heavy (non-hydrogen) atoms. The minimum Gasteiger partial charge on any atom is -0.505 e. The molecule has 0 radical (unpaired) electrons. The normalized spacial score (nSPS) is 10.0. The number of rotatable bonds is 4. The molecule has 2 aromatic rings. The number of phenols is 1. The van der Waals surface area contributed by atoms with E-state index in [9.17, 15) is 24.8 Å². The summed E-state index contributed by atoms with van der Waals surface area (Å²) in [6.07, 6.45) is 0. The Morgan fingerprint density at radius 1 is 1.09 bits per heavy atom. The molecular formula is C14H10N2O6. The van der Waals surface area contributed by atoms with Gasteiger partial charge in [-0.25, -0.2) is 4.79 Å². The molecule has 0 bridgehead atoms. The lowest BCUT2D eigenvalue weighted by molar-refractivity contribution is -0.384. The SMILES string of the molecule is O=C(Nc1cccc(C(=O)O)c1O)c1ccc([N+](=O)[O-])cc1. The first kappa shape index (κ1) is 15.0. The van der Waals surface area contributed by atoms with E-state index in [1.54, 1.807) is 0 Å². The Hall–Kier alpha value is -3.42. The molecule has 112 valence electrons. The molecule has 0 saturated heterocycles. The van der Waals surface area contributed by atoms with Gasteiger partial charge in [-0.05, 0) is 24.3 Å². The number of nitro groups is 1. The molecule has 8 heteroatoms. The zero-order valence-electron chi connectivity index (χ0n) is 11.0. The molecule has 0 unspecified atom stereocenters. The van der Waals surface area contributed by atoms with Gasteiger partial charge in [0.15, 0.2) is 5.75 Å². The molecule has 0 spiro atoms. The summed E-state index contributed by atoms with van der Waals surface area (Å²) in [6, 6.07) is 8.75. The van der Waals surface area contributed by atoms with Crippen LogP contribution < -0.4 is 5.32 Å². The molecule has 0 heterocycles. The zero-order valence-corrected chi connectivity index (χ0v) is 11.0. The third-order valence-corrected chi connectivity index (χ3v) is 2.85. The van der Waals surface area contributed by atoms with Gasteiger partial charge in [-0.15, -0.1) is 0 Å². The molecule has 0 aromatic heterocycles. The summed E-state index contributed by atoms with van der Waals surface area (Å²) < 4.78 is 0. The third-order valence-electron chi connectivity index (χ3n) is 2.85. The summed E-state index contributed by atoms with van der Waals surface area (Å²) in [6.45, 7) is 0. The average Bonchev–Trinajstić information content (AvgIpc) is 2.49. The van der Waals surface area contributed by atoms with E-state index in [2.05, 4.69) is 5.32 Å². The molecule has 0 fully saturated rings. The predicted molar refractivity (Wildman–Crippen MR) is 76.1 cm³/mol. The largest absolute Gasteiger partial charge is 0.505 e. The number of para-hydroxylation sites is 1. The average molecular weight is 302 g/mol. The fourth-order valence-corrected chi connectivity index (χ4v) is 1.75. The van der Waals surface area contributed by atoms with E-state index in [1.807, 2.05) is 0 Å². The van der Waals surface area contributed by atoms with Crippen molar-refractivity contribution in [3.63, 3.8) is 0 Å². The number of amides is 1. The van der Waals surface area contributed by atoms with E-state index in [0.717, 1.165) is 0 Å². The second-order valence-electron chi connectivity index (χ2n) is 4.27. The first-order valence-corrected chi connectivity index (χ1v) is 6.01. The second kappa shape index (κ2) is 5.92. The van der Waals surface area contributed by atoms with Crippen LogP contribution in [0.3, 0.4) is 0 Å². The van der Waals surface area contributed by atoms with Crippen LogP contribution in [0.1, 0.15) is 20.7 Å². The minimum absolute atomic E-state index is 0.0664. The summed E-state index contributed by atoms with van der Waals surface area (Å²) in [5.74, 6) is -2.53. The Morgan fingerprint density at radius 2 is 1.73 bits per heavy atom. The number of hydrogen-bond acceptors (Lipinski definition) is 5. The Kier molecular flexibility index (Phi) is 4.03. The maximum atomic E-state index is 12.0. The van der Waals surface area contributed by atoms with E-state index in [4.69, 9.17) is 5.11 Å². The van der Waals surface area contributed by atoms with Crippen molar-refractivity contribution < 1.29 is 24.7 Å². The number of carbonyl (C=O) groups is 2. The smallest absolute Gasteiger partial charge is 0.339 e. The number of hydrogen-bond donors (Lipinski definition) is 3. The highest BCUT2D eigenvalue weighted by Crippen LogP contribution is 2.28. The van der Waals surface area contributed by atoms with Crippen molar-refractivity contribution in [2.75, 3.05) is 5.32 Å². The van der Waals surface area contributed by atoms with Crippen LogP contribution in [0.5, 0.6) is 5.75 Å². The van der Waals surface area contributed by atoms with Crippen LogP contribution >= 0.6 is 0 Å². The predicted octanol–water partition coefficient (Wildman–Crippen LogP) is 2.25. The van der Waals surface area contributed by atoms with Crippen LogP contribution in [0, 0.1) is 10.1 Å². The van der Waals surface area contributed by atoms with Crippen molar-refractivity contribution in [2.45, 2.75) is 0 Å². The van der Waals surface area contributed by atoms with Crippen molar-refractivity contribution in [1.29, 1.82) is 0 Å². The minimum atomic E-state index is -1.33. The fraction of sp³-hybridized carbons (Fsp3) is 0. The Labute approximate surface area is 123 Å². The molecule has 2 aromatic carbocycles.